The molecule has 0 aromatic carbocycles. The standard InChI is InChI=1S/C12H15N3O/c1-9(2)15(8-6-13)12(16)11-10(3)5-4-7-14-11/h4-5,7,9H,8H2,1-3H3. The zero-order chi connectivity index (χ0) is 12.1. The molecule has 0 bridgehead atoms. The van der Waals surface area contributed by atoms with Crippen LogP contribution in [0.2, 0.25) is 0 Å². The molecule has 0 radical (unpaired) electrons. The minimum absolute atomic E-state index is 0.00597. The molecule has 1 rings (SSSR count). The number of nitriles is 1. The first kappa shape index (κ1) is 12.2. The Bertz CT molecular complexity index is 421. The van der Waals surface area contributed by atoms with Crippen molar-refractivity contribution in [3.63, 3.8) is 0 Å². The Morgan fingerprint density at radius 1 is 1.62 bits per heavy atom. The van der Waals surface area contributed by atoms with E-state index in [-0.39, 0.29) is 18.5 Å². The van der Waals surface area contributed by atoms with Gasteiger partial charge < -0.3 is 4.90 Å². The molecule has 0 aliphatic rings. The second-order valence-corrected chi connectivity index (χ2v) is 3.85. The van der Waals surface area contributed by atoms with Crippen molar-refractivity contribution in [3.8, 4) is 6.07 Å². The van der Waals surface area contributed by atoms with Gasteiger partial charge in [0, 0.05) is 12.2 Å². The lowest BCUT2D eigenvalue weighted by atomic mass is 10.2. The lowest BCUT2D eigenvalue weighted by Crippen LogP contribution is -2.38. The maximum Gasteiger partial charge on any atom is 0.273 e. The predicted molar refractivity (Wildman–Crippen MR) is 60.8 cm³/mol. The first-order chi connectivity index (χ1) is 7.57. The van der Waals surface area contributed by atoms with Gasteiger partial charge in [0.1, 0.15) is 12.2 Å². The van der Waals surface area contributed by atoms with Crippen molar-refractivity contribution < 1.29 is 4.79 Å². The van der Waals surface area contributed by atoms with E-state index in [0.29, 0.717) is 5.69 Å². The molecule has 0 aliphatic carbocycles. The largest absolute Gasteiger partial charge is 0.322 e. The molecule has 1 aromatic heterocycles. The summed E-state index contributed by atoms with van der Waals surface area (Å²) in [6, 6.07) is 5.62. The summed E-state index contributed by atoms with van der Waals surface area (Å²) in [5.41, 5.74) is 1.25. The number of carbonyl (C=O) groups is 1. The van der Waals surface area contributed by atoms with E-state index in [2.05, 4.69) is 4.98 Å². The quantitative estimate of drug-likeness (QED) is 0.725. The first-order valence-corrected chi connectivity index (χ1v) is 5.17. The normalized spacial score (nSPS) is 9.94. The van der Waals surface area contributed by atoms with E-state index < -0.39 is 0 Å². The smallest absolute Gasteiger partial charge is 0.273 e. The minimum Gasteiger partial charge on any atom is -0.322 e. The lowest BCUT2D eigenvalue weighted by molar-refractivity contribution is 0.0724. The zero-order valence-corrected chi connectivity index (χ0v) is 9.77. The highest BCUT2D eigenvalue weighted by Crippen LogP contribution is 2.09. The Morgan fingerprint density at radius 2 is 2.31 bits per heavy atom. The number of amides is 1. The van der Waals surface area contributed by atoms with Gasteiger partial charge in [-0.05, 0) is 32.4 Å². The van der Waals surface area contributed by atoms with E-state index in [9.17, 15) is 4.79 Å². The third-order valence-electron chi connectivity index (χ3n) is 2.34. The predicted octanol–water partition coefficient (Wildman–Crippen LogP) is 1.76. The van der Waals surface area contributed by atoms with Crippen molar-refractivity contribution in [2.24, 2.45) is 0 Å². The van der Waals surface area contributed by atoms with Crippen molar-refractivity contribution in [1.29, 1.82) is 5.26 Å². The molecule has 4 heteroatoms. The van der Waals surface area contributed by atoms with Crippen LogP contribution in [-0.4, -0.2) is 28.4 Å². The second kappa shape index (κ2) is 5.26. The van der Waals surface area contributed by atoms with Crippen LogP contribution >= 0.6 is 0 Å². The summed E-state index contributed by atoms with van der Waals surface area (Å²) in [5.74, 6) is -0.186. The SMILES string of the molecule is Cc1cccnc1C(=O)N(CC#N)C(C)C. The van der Waals surface area contributed by atoms with Gasteiger partial charge in [0.15, 0.2) is 0 Å². The number of nitrogens with zero attached hydrogens (tertiary/aromatic N) is 3. The second-order valence-electron chi connectivity index (χ2n) is 3.85. The van der Waals surface area contributed by atoms with E-state index in [4.69, 9.17) is 5.26 Å². The summed E-state index contributed by atoms with van der Waals surface area (Å²) >= 11 is 0. The molecule has 0 saturated heterocycles. The molecule has 16 heavy (non-hydrogen) atoms. The maximum atomic E-state index is 12.1. The fourth-order valence-electron chi connectivity index (χ4n) is 1.41. The first-order valence-electron chi connectivity index (χ1n) is 5.17. The number of pyridine rings is 1. The van der Waals surface area contributed by atoms with Crippen LogP contribution in [0.15, 0.2) is 18.3 Å². The number of aryl methyl sites for hydroxylation is 1. The number of hydrogen-bond acceptors (Lipinski definition) is 3. The molecule has 1 aromatic rings. The molecule has 0 atom stereocenters. The Labute approximate surface area is 95.5 Å². The summed E-state index contributed by atoms with van der Waals surface area (Å²) in [6.07, 6.45) is 1.59. The highest BCUT2D eigenvalue weighted by atomic mass is 16.2. The van der Waals surface area contributed by atoms with Gasteiger partial charge in [-0.1, -0.05) is 6.07 Å². The molecule has 84 valence electrons. The Kier molecular flexibility index (Phi) is 4.01. The van der Waals surface area contributed by atoms with Gasteiger partial charge in [-0.2, -0.15) is 5.26 Å². The van der Waals surface area contributed by atoms with Crippen LogP contribution in [0.25, 0.3) is 0 Å². The van der Waals surface area contributed by atoms with Gasteiger partial charge in [-0.3, -0.25) is 9.78 Å². The van der Waals surface area contributed by atoms with Crippen LogP contribution in [0.4, 0.5) is 0 Å². The van der Waals surface area contributed by atoms with Crippen LogP contribution in [-0.2, 0) is 0 Å². The molecule has 0 saturated carbocycles. The van der Waals surface area contributed by atoms with E-state index in [1.807, 2.05) is 32.9 Å². The maximum absolute atomic E-state index is 12.1. The van der Waals surface area contributed by atoms with Gasteiger partial charge in [0.05, 0.1) is 6.07 Å². The molecule has 4 nitrogen and oxygen atoms in total. The molecule has 0 spiro atoms. The number of rotatable bonds is 3. The number of carbonyl (C=O) groups excluding carboxylic acids is 1. The monoisotopic (exact) mass is 217 g/mol. The van der Waals surface area contributed by atoms with Gasteiger partial charge in [0.25, 0.3) is 5.91 Å². The molecular formula is C12H15N3O. The Morgan fingerprint density at radius 3 is 2.81 bits per heavy atom. The van der Waals surface area contributed by atoms with Crippen molar-refractivity contribution in [1.82, 2.24) is 9.88 Å². The van der Waals surface area contributed by atoms with Crippen LogP contribution in [0, 0.1) is 18.3 Å². The highest BCUT2D eigenvalue weighted by Gasteiger charge is 2.20. The average molecular weight is 217 g/mol. The average Bonchev–Trinajstić information content (AvgIpc) is 2.25. The van der Waals surface area contributed by atoms with E-state index >= 15 is 0 Å². The third kappa shape index (κ3) is 2.57. The van der Waals surface area contributed by atoms with E-state index in [0.717, 1.165) is 5.56 Å². The van der Waals surface area contributed by atoms with E-state index in [1.165, 1.54) is 4.90 Å². The minimum atomic E-state index is -0.186. The lowest BCUT2D eigenvalue weighted by Gasteiger charge is -2.23. The molecule has 0 N–H and O–H groups in total. The molecule has 0 fully saturated rings. The Balaban J connectivity index is 3.01. The van der Waals surface area contributed by atoms with Crippen LogP contribution in [0.5, 0.6) is 0 Å². The number of hydrogen-bond donors (Lipinski definition) is 0. The van der Waals surface area contributed by atoms with Crippen LogP contribution < -0.4 is 0 Å². The van der Waals surface area contributed by atoms with Gasteiger partial charge in [0.2, 0.25) is 0 Å². The molecule has 1 heterocycles. The summed E-state index contributed by atoms with van der Waals surface area (Å²) in [6.45, 7) is 5.69. The molecular weight excluding hydrogens is 202 g/mol. The summed E-state index contributed by atoms with van der Waals surface area (Å²) in [7, 11) is 0. The van der Waals surface area contributed by atoms with Crippen LogP contribution in [0.3, 0.4) is 0 Å². The summed E-state index contributed by atoms with van der Waals surface area (Å²) in [4.78, 5) is 17.7. The fourth-order valence-corrected chi connectivity index (χ4v) is 1.41. The third-order valence-corrected chi connectivity index (χ3v) is 2.34. The fraction of sp³-hybridized carbons (Fsp3) is 0.417. The van der Waals surface area contributed by atoms with Gasteiger partial charge in [-0.25, -0.2) is 0 Å². The topological polar surface area (TPSA) is 57.0 Å². The van der Waals surface area contributed by atoms with Gasteiger partial charge >= 0.3 is 0 Å². The van der Waals surface area contributed by atoms with Gasteiger partial charge in [-0.15, -0.1) is 0 Å². The Hall–Kier alpha value is -1.89. The molecule has 0 aliphatic heterocycles. The molecule has 0 unspecified atom stereocenters. The van der Waals surface area contributed by atoms with Crippen molar-refractivity contribution in [2.45, 2.75) is 26.8 Å². The van der Waals surface area contributed by atoms with Crippen molar-refractivity contribution in [2.75, 3.05) is 6.54 Å². The highest BCUT2D eigenvalue weighted by molar-refractivity contribution is 5.93. The summed E-state index contributed by atoms with van der Waals surface area (Å²) < 4.78 is 0. The summed E-state index contributed by atoms with van der Waals surface area (Å²) in [5, 5.41) is 8.69. The molecule has 1 amide bonds. The zero-order valence-electron chi connectivity index (χ0n) is 9.77. The van der Waals surface area contributed by atoms with Crippen molar-refractivity contribution >= 4 is 5.91 Å². The van der Waals surface area contributed by atoms with E-state index in [1.54, 1.807) is 12.3 Å². The van der Waals surface area contributed by atoms with Crippen LogP contribution in [0.1, 0.15) is 29.9 Å². The van der Waals surface area contributed by atoms with Crippen molar-refractivity contribution in [3.05, 3.63) is 29.6 Å². The number of aromatic nitrogens is 1.